The summed E-state index contributed by atoms with van der Waals surface area (Å²) in [6, 6.07) is 0. The van der Waals surface area contributed by atoms with Crippen LogP contribution >= 0.6 is 0 Å². The Morgan fingerprint density at radius 3 is 2.60 bits per heavy atom. The lowest BCUT2D eigenvalue weighted by atomic mass is 9.45. The molecule has 0 spiro atoms. The van der Waals surface area contributed by atoms with Gasteiger partial charge in [0.25, 0.3) is 0 Å². The molecule has 4 aliphatic carbocycles. The van der Waals surface area contributed by atoms with E-state index in [0.717, 1.165) is 24.2 Å². The third-order valence-electron chi connectivity index (χ3n) is 8.15. The van der Waals surface area contributed by atoms with E-state index in [2.05, 4.69) is 13.8 Å². The third-order valence-corrected chi connectivity index (χ3v) is 8.15. The summed E-state index contributed by atoms with van der Waals surface area (Å²) in [6.07, 6.45) is 13.2. The molecule has 4 fully saturated rings. The van der Waals surface area contributed by atoms with Crippen LogP contribution in [-0.2, 0) is 4.79 Å². The number of ketones is 1. The molecule has 0 radical (unpaired) electrons. The Labute approximate surface area is 123 Å². The second-order valence-corrected chi connectivity index (χ2v) is 8.94. The predicted molar refractivity (Wildman–Crippen MR) is 81.4 cm³/mol. The second kappa shape index (κ2) is 4.34. The van der Waals surface area contributed by atoms with Crippen LogP contribution in [0.25, 0.3) is 0 Å². The summed E-state index contributed by atoms with van der Waals surface area (Å²) in [5.74, 6) is 3.53. The molecule has 0 aliphatic heterocycles. The van der Waals surface area contributed by atoms with Crippen LogP contribution in [0.4, 0.5) is 0 Å². The predicted octanol–water partition coefficient (Wildman–Crippen LogP) is 4.99. The van der Waals surface area contributed by atoms with Gasteiger partial charge in [-0.25, -0.2) is 0 Å². The first-order valence-corrected chi connectivity index (χ1v) is 9.07. The van der Waals surface area contributed by atoms with Gasteiger partial charge >= 0.3 is 0 Å². The molecule has 0 saturated heterocycles. The number of carbonyl (C=O) groups excluding carboxylic acids is 1. The van der Waals surface area contributed by atoms with Gasteiger partial charge in [0.2, 0.25) is 0 Å². The van der Waals surface area contributed by atoms with Crippen LogP contribution in [0.15, 0.2) is 0 Å². The van der Waals surface area contributed by atoms with Crippen molar-refractivity contribution in [1.82, 2.24) is 0 Å². The van der Waals surface area contributed by atoms with Gasteiger partial charge in [-0.1, -0.05) is 33.1 Å². The number of Topliss-reactive ketones (excluding diaryl/α,β-unsaturated/α-hetero) is 1. The first-order valence-electron chi connectivity index (χ1n) is 9.07. The standard InChI is InChI=1S/C19H30O/c1-18-9-5-7-14(18)13-12-17(20)16-6-3-4-10-19(16,2)15(13)8-11-18/h13-16H,3-12H2,1-2H3/t13-,14+,15+,16+,18+,19+/m0/s1. The van der Waals surface area contributed by atoms with Gasteiger partial charge in [0.05, 0.1) is 0 Å². The number of hydrogen-bond acceptors (Lipinski definition) is 1. The van der Waals surface area contributed by atoms with Crippen molar-refractivity contribution in [3.63, 3.8) is 0 Å². The average molecular weight is 274 g/mol. The van der Waals surface area contributed by atoms with Crippen molar-refractivity contribution in [3.8, 4) is 0 Å². The van der Waals surface area contributed by atoms with Gasteiger partial charge in [0.1, 0.15) is 5.78 Å². The van der Waals surface area contributed by atoms with E-state index in [-0.39, 0.29) is 0 Å². The van der Waals surface area contributed by atoms with E-state index < -0.39 is 0 Å². The molecule has 0 aromatic rings. The maximum Gasteiger partial charge on any atom is 0.136 e. The summed E-state index contributed by atoms with van der Waals surface area (Å²) in [7, 11) is 0. The first-order chi connectivity index (χ1) is 9.55. The minimum atomic E-state index is 0.363. The molecule has 0 heterocycles. The lowest BCUT2D eigenvalue weighted by Crippen LogP contribution is -2.55. The fraction of sp³-hybridized carbons (Fsp3) is 0.947. The molecular weight excluding hydrogens is 244 g/mol. The summed E-state index contributed by atoms with van der Waals surface area (Å²) >= 11 is 0. The highest BCUT2D eigenvalue weighted by molar-refractivity contribution is 5.83. The quantitative estimate of drug-likeness (QED) is 0.608. The summed E-state index contributed by atoms with van der Waals surface area (Å²) in [5.41, 5.74) is 0.946. The van der Waals surface area contributed by atoms with Gasteiger partial charge in [-0.05, 0) is 67.1 Å². The Kier molecular flexibility index (Phi) is 2.89. The summed E-state index contributed by atoms with van der Waals surface area (Å²) in [5, 5.41) is 0. The molecule has 0 N–H and O–H groups in total. The van der Waals surface area contributed by atoms with E-state index >= 15 is 0 Å². The molecule has 1 nitrogen and oxygen atoms in total. The molecule has 0 aromatic carbocycles. The van der Waals surface area contributed by atoms with E-state index in [4.69, 9.17) is 0 Å². The Balaban J connectivity index is 1.70. The highest BCUT2D eigenvalue weighted by Crippen LogP contribution is 2.65. The lowest BCUT2D eigenvalue weighted by molar-refractivity contribution is -0.152. The van der Waals surface area contributed by atoms with Crippen molar-refractivity contribution < 1.29 is 4.79 Å². The van der Waals surface area contributed by atoms with E-state index in [9.17, 15) is 4.79 Å². The number of carbonyl (C=O) groups is 1. The zero-order valence-corrected chi connectivity index (χ0v) is 13.3. The van der Waals surface area contributed by atoms with Crippen LogP contribution < -0.4 is 0 Å². The number of rotatable bonds is 0. The maximum atomic E-state index is 12.8. The third kappa shape index (κ3) is 1.64. The SMILES string of the molecule is C[C@]12CCC[C@@H]1[C@@H]1CC(=O)[C@H]3CCCC[C@]3(C)[C@@H]1CC2. The monoisotopic (exact) mass is 274 g/mol. The molecule has 0 aromatic heterocycles. The highest BCUT2D eigenvalue weighted by atomic mass is 16.1. The van der Waals surface area contributed by atoms with E-state index in [1.54, 1.807) is 0 Å². The fourth-order valence-electron chi connectivity index (χ4n) is 7.09. The van der Waals surface area contributed by atoms with Crippen molar-refractivity contribution >= 4 is 5.78 Å². The van der Waals surface area contributed by atoms with Crippen LogP contribution in [0.2, 0.25) is 0 Å². The van der Waals surface area contributed by atoms with Gasteiger partial charge in [-0.2, -0.15) is 0 Å². The van der Waals surface area contributed by atoms with Gasteiger partial charge in [-0.15, -0.1) is 0 Å². The molecular formula is C19H30O. The molecule has 0 unspecified atom stereocenters. The van der Waals surface area contributed by atoms with Gasteiger partial charge in [0, 0.05) is 12.3 Å². The Bertz CT molecular complexity index is 427. The Morgan fingerprint density at radius 2 is 1.75 bits per heavy atom. The molecule has 0 bridgehead atoms. The first kappa shape index (κ1) is 13.3. The minimum absolute atomic E-state index is 0.363. The Hall–Kier alpha value is -0.330. The zero-order chi connectivity index (χ0) is 14.0. The average Bonchev–Trinajstić information content (AvgIpc) is 2.81. The molecule has 4 saturated carbocycles. The molecule has 1 heteroatoms. The van der Waals surface area contributed by atoms with Gasteiger partial charge in [-0.3, -0.25) is 4.79 Å². The largest absolute Gasteiger partial charge is 0.299 e. The lowest BCUT2D eigenvalue weighted by Gasteiger charge is -2.59. The summed E-state index contributed by atoms with van der Waals surface area (Å²) in [4.78, 5) is 12.8. The van der Waals surface area contributed by atoms with Crippen molar-refractivity contribution in [2.75, 3.05) is 0 Å². The van der Waals surface area contributed by atoms with Crippen molar-refractivity contribution in [2.24, 2.45) is 34.5 Å². The molecule has 20 heavy (non-hydrogen) atoms. The topological polar surface area (TPSA) is 17.1 Å². The van der Waals surface area contributed by atoms with Crippen LogP contribution in [-0.4, -0.2) is 5.78 Å². The van der Waals surface area contributed by atoms with Crippen molar-refractivity contribution in [2.45, 2.75) is 78.1 Å². The summed E-state index contributed by atoms with van der Waals surface area (Å²) in [6.45, 7) is 5.02. The smallest absolute Gasteiger partial charge is 0.136 e. The Morgan fingerprint density at radius 1 is 0.900 bits per heavy atom. The van der Waals surface area contributed by atoms with E-state index in [1.807, 2.05) is 0 Å². The molecule has 4 rings (SSSR count). The van der Waals surface area contributed by atoms with Gasteiger partial charge in [0.15, 0.2) is 0 Å². The van der Waals surface area contributed by atoms with E-state index in [0.29, 0.717) is 22.5 Å². The fourth-order valence-corrected chi connectivity index (χ4v) is 7.09. The zero-order valence-electron chi connectivity index (χ0n) is 13.3. The van der Waals surface area contributed by atoms with Crippen molar-refractivity contribution in [1.29, 1.82) is 0 Å². The second-order valence-electron chi connectivity index (χ2n) is 8.94. The summed E-state index contributed by atoms with van der Waals surface area (Å²) < 4.78 is 0. The normalized spacial score (nSPS) is 55.0. The molecule has 6 atom stereocenters. The van der Waals surface area contributed by atoms with E-state index in [1.165, 1.54) is 57.8 Å². The number of hydrogen-bond donors (Lipinski definition) is 0. The van der Waals surface area contributed by atoms with Crippen molar-refractivity contribution in [3.05, 3.63) is 0 Å². The highest BCUT2D eigenvalue weighted by Gasteiger charge is 2.59. The molecule has 0 amide bonds. The minimum Gasteiger partial charge on any atom is -0.299 e. The molecule has 112 valence electrons. The van der Waals surface area contributed by atoms with Crippen LogP contribution in [0.1, 0.15) is 78.1 Å². The van der Waals surface area contributed by atoms with Crippen LogP contribution in [0, 0.1) is 34.5 Å². The maximum absolute atomic E-state index is 12.8. The number of fused-ring (bicyclic) bond motifs is 5. The van der Waals surface area contributed by atoms with Crippen LogP contribution in [0.3, 0.4) is 0 Å². The molecule has 4 aliphatic rings. The van der Waals surface area contributed by atoms with Crippen LogP contribution in [0.5, 0.6) is 0 Å². The van der Waals surface area contributed by atoms with Gasteiger partial charge < -0.3 is 0 Å².